The standard InChI is InChI=1S/C26H19BrCl2N2O5S/c1-35-21-11-16(10-20(27)24(21)36-14-15-2-4-17(28)5-3-15)12-22-25(33)31(26(34)37-22)13-23(32)30-19-8-6-18(29)7-9-19/h2-12H,13-14H2,1H3,(H,30,32)/b22-12+. The maximum Gasteiger partial charge on any atom is 0.294 e. The molecular formula is C26H19BrCl2N2O5S. The molecule has 1 N–H and O–H groups in total. The minimum absolute atomic E-state index is 0.188. The predicted molar refractivity (Wildman–Crippen MR) is 149 cm³/mol. The van der Waals surface area contributed by atoms with Crippen molar-refractivity contribution in [3.63, 3.8) is 0 Å². The lowest BCUT2D eigenvalue weighted by atomic mass is 10.1. The van der Waals surface area contributed by atoms with Crippen LogP contribution in [0.4, 0.5) is 10.5 Å². The molecule has 1 saturated heterocycles. The van der Waals surface area contributed by atoms with Crippen molar-refractivity contribution in [2.75, 3.05) is 19.0 Å². The van der Waals surface area contributed by atoms with Gasteiger partial charge >= 0.3 is 0 Å². The Kier molecular flexibility index (Phi) is 8.81. The first-order valence-corrected chi connectivity index (χ1v) is 13.2. The number of hydrogen-bond acceptors (Lipinski definition) is 6. The van der Waals surface area contributed by atoms with Gasteiger partial charge in [-0.25, -0.2) is 0 Å². The summed E-state index contributed by atoms with van der Waals surface area (Å²) in [5.74, 6) is -0.130. The van der Waals surface area contributed by atoms with Crippen LogP contribution in [0.3, 0.4) is 0 Å². The van der Waals surface area contributed by atoms with Gasteiger partial charge in [-0.1, -0.05) is 35.3 Å². The lowest BCUT2D eigenvalue weighted by molar-refractivity contribution is -0.127. The Bertz CT molecular complexity index is 1380. The van der Waals surface area contributed by atoms with Gasteiger partial charge in [0.15, 0.2) is 11.5 Å². The van der Waals surface area contributed by atoms with Gasteiger partial charge in [-0.3, -0.25) is 19.3 Å². The van der Waals surface area contributed by atoms with Gasteiger partial charge in [-0.05, 0) is 93.4 Å². The topological polar surface area (TPSA) is 84.9 Å². The zero-order valence-electron chi connectivity index (χ0n) is 19.3. The number of ether oxygens (including phenoxy) is 2. The van der Waals surface area contributed by atoms with Crippen molar-refractivity contribution in [3.05, 3.63) is 91.2 Å². The second-order valence-electron chi connectivity index (χ2n) is 7.77. The molecule has 0 atom stereocenters. The van der Waals surface area contributed by atoms with Crippen molar-refractivity contribution in [1.29, 1.82) is 0 Å². The minimum Gasteiger partial charge on any atom is -0.493 e. The number of benzene rings is 3. The highest BCUT2D eigenvalue weighted by Gasteiger charge is 2.36. The van der Waals surface area contributed by atoms with Gasteiger partial charge in [-0.15, -0.1) is 0 Å². The molecule has 1 aliphatic heterocycles. The Labute approximate surface area is 235 Å². The number of nitrogens with one attached hydrogen (secondary N) is 1. The van der Waals surface area contributed by atoms with Gasteiger partial charge in [0.1, 0.15) is 13.2 Å². The zero-order valence-corrected chi connectivity index (χ0v) is 23.2. The fourth-order valence-corrected chi connectivity index (χ4v) is 5.03. The Morgan fingerprint density at radius 1 is 1.05 bits per heavy atom. The van der Waals surface area contributed by atoms with Crippen LogP contribution in [0.5, 0.6) is 11.5 Å². The van der Waals surface area contributed by atoms with Gasteiger partial charge in [-0.2, -0.15) is 0 Å². The van der Waals surface area contributed by atoms with Gasteiger partial charge in [0.2, 0.25) is 5.91 Å². The monoisotopic (exact) mass is 620 g/mol. The average molecular weight is 622 g/mol. The SMILES string of the molecule is COc1cc(/C=C2/SC(=O)N(CC(=O)Nc3ccc(Cl)cc3)C2=O)cc(Br)c1OCc1ccc(Cl)cc1. The van der Waals surface area contributed by atoms with Gasteiger partial charge in [0.25, 0.3) is 11.1 Å². The third kappa shape index (κ3) is 6.87. The van der Waals surface area contributed by atoms with Crippen LogP contribution in [0, 0.1) is 0 Å². The molecule has 0 aliphatic carbocycles. The molecule has 0 aromatic heterocycles. The van der Waals surface area contributed by atoms with E-state index in [2.05, 4.69) is 21.2 Å². The molecule has 0 radical (unpaired) electrons. The fraction of sp³-hybridized carbons (Fsp3) is 0.115. The molecule has 7 nitrogen and oxygen atoms in total. The van der Waals surface area contributed by atoms with E-state index in [4.69, 9.17) is 32.7 Å². The summed E-state index contributed by atoms with van der Waals surface area (Å²) in [5.41, 5.74) is 2.04. The van der Waals surface area contributed by atoms with E-state index in [0.717, 1.165) is 22.2 Å². The van der Waals surface area contributed by atoms with Crippen LogP contribution in [0.25, 0.3) is 6.08 Å². The van der Waals surface area contributed by atoms with Crippen molar-refractivity contribution in [1.82, 2.24) is 4.90 Å². The summed E-state index contributed by atoms with van der Waals surface area (Å²) in [4.78, 5) is 38.8. The van der Waals surface area contributed by atoms with Crippen molar-refractivity contribution in [3.8, 4) is 11.5 Å². The predicted octanol–water partition coefficient (Wildman–Crippen LogP) is 7.02. The summed E-state index contributed by atoms with van der Waals surface area (Å²) in [6.45, 7) is -0.114. The lowest BCUT2D eigenvalue weighted by Crippen LogP contribution is -2.36. The number of nitrogens with zero attached hydrogens (tertiary/aromatic N) is 1. The number of halogens is 3. The average Bonchev–Trinajstić information content (AvgIpc) is 3.12. The molecule has 1 heterocycles. The quantitative estimate of drug-likeness (QED) is 0.272. The normalized spacial score (nSPS) is 14.3. The maximum absolute atomic E-state index is 12.9. The van der Waals surface area contributed by atoms with Crippen LogP contribution in [0.1, 0.15) is 11.1 Å². The third-order valence-corrected chi connectivity index (χ3v) is 7.15. The van der Waals surface area contributed by atoms with Gasteiger partial charge in [0.05, 0.1) is 16.5 Å². The van der Waals surface area contributed by atoms with E-state index in [9.17, 15) is 14.4 Å². The number of thioether (sulfide) groups is 1. The van der Waals surface area contributed by atoms with E-state index < -0.39 is 23.6 Å². The van der Waals surface area contributed by atoms with Crippen molar-refractivity contribution in [2.24, 2.45) is 0 Å². The molecule has 3 aromatic carbocycles. The molecule has 1 aliphatic rings. The molecule has 11 heteroatoms. The molecule has 3 amide bonds. The van der Waals surface area contributed by atoms with E-state index in [1.807, 2.05) is 12.1 Å². The van der Waals surface area contributed by atoms with Crippen molar-refractivity contribution >= 4 is 79.7 Å². The number of anilines is 1. The molecule has 0 unspecified atom stereocenters. The van der Waals surface area contributed by atoms with Crippen molar-refractivity contribution < 1.29 is 23.9 Å². The van der Waals surface area contributed by atoms with Crippen LogP contribution >= 0.6 is 50.9 Å². The van der Waals surface area contributed by atoms with E-state index in [1.165, 1.54) is 7.11 Å². The fourth-order valence-electron chi connectivity index (χ4n) is 3.36. The summed E-state index contributed by atoms with van der Waals surface area (Å²) >= 11 is 16.0. The van der Waals surface area contributed by atoms with E-state index in [0.29, 0.717) is 43.9 Å². The second kappa shape index (κ2) is 12.0. The molecule has 0 bridgehead atoms. The summed E-state index contributed by atoms with van der Waals surface area (Å²) in [5, 5.41) is 3.27. The Balaban J connectivity index is 1.46. The lowest BCUT2D eigenvalue weighted by Gasteiger charge is -2.14. The molecule has 3 aromatic rings. The number of hydrogen-bond donors (Lipinski definition) is 1. The Morgan fingerprint density at radius 3 is 2.35 bits per heavy atom. The first-order chi connectivity index (χ1) is 17.7. The van der Waals surface area contributed by atoms with Crippen LogP contribution in [-0.4, -0.2) is 35.6 Å². The minimum atomic E-state index is -0.556. The summed E-state index contributed by atoms with van der Waals surface area (Å²) < 4.78 is 12.0. The van der Waals surface area contributed by atoms with Crippen LogP contribution in [0.15, 0.2) is 70.0 Å². The first kappa shape index (κ1) is 27.1. The largest absolute Gasteiger partial charge is 0.493 e. The van der Waals surface area contributed by atoms with E-state index >= 15 is 0 Å². The van der Waals surface area contributed by atoms with E-state index in [1.54, 1.807) is 54.6 Å². The van der Waals surface area contributed by atoms with Crippen LogP contribution in [-0.2, 0) is 16.2 Å². The second-order valence-corrected chi connectivity index (χ2v) is 10.5. The smallest absolute Gasteiger partial charge is 0.294 e. The van der Waals surface area contributed by atoms with Gasteiger partial charge < -0.3 is 14.8 Å². The first-order valence-electron chi connectivity index (χ1n) is 10.8. The molecule has 0 saturated carbocycles. The Hall–Kier alpha value is -2.98. The van der Waals surface area contributed by atoms with Gasteiger partial charge in [0, 0.05) is 15.7 Å². The highest BCUT2D eigenvalue weighted by atomic mass is 79.9. The molecule has 190 valence electrons. The van der Waals surface area contributed by atoms with E-state index in [-0.39, 0.29) is 4.91 Å². The highest BCUT2D eigenvalue weighted by molar-refractivity contribution is 9.10. The highest BCUT2D eigenvalue weighted by Crippen LogP contribution is 2.39. The summed E-state index contributed by atoms with van der Waals surface area (Å²) in [7, 11) is 1.51. The Morgan fingerprint density at radius 2 is 1.70 bits per heavy atom. The number of carbonyl (C=O) groups excluding carboxylic acids is 3. The number of amides is 3. The zero-order chi connectivity index (χ0) is 26.5. The molecule has 1 fully saturated rings. The van der Waals surface area contributed by atoms with Crippen molar-refractivity contribution in [2.45, 2.75) is 6.61 Å². The molecule has 4 rings (SSSR count). The molecule has 37 heavy (non-hydrogen) atoms. The maximum atomic E-state index is 12.9. The van der Waals surface area contributed by atoms with Crippen LogP contribution in [0.2, 0.25) is 10.0 Å². The third-order valence-electron chi connectivity index (χ3n) is 5.15. The summed E-state index contributed by atoms with van der Waals surface area (Å²) in [6, 6.07) is 17.2. The molecular weight excluding hydrogens is 603 g/mol. The molecule has 0 spiro atoms. The summed E-state index contributed by atoms with van der Waals surface area (Å²) in [6.07, 6.45) is 1.57. The van der Waals surface area contributed by atoms with Crippen LogP contribution < -0.4 is 14.8 Å². The number of carbonyl (C=O) groups is 3. The number of rotatable bonds is 8. The number of methoxy groups -OCH3 is 1. The number of imide groups is 1.